The first-order valence-corrected chi connectivity index (χ1v) is 10.3. The van der Waals surface area contributed by atoms with Crippen LogP contribution in [0.15, 0.2) is 30.5 Å². The van der Waals surface area contributed by atoms with Crippen molar-refractivity contribution in [1.82, 2.24) is 14.5 Å². The van der Waals surface area contributed by atoms with Crippen molar-refractivity contribution in [1.29, 1.82) is 0 Å². The fraction of sp³-hybridized carbons (Fsp3) is 0.619. The van der Waals surface area contributed by atoms with E-state index < -0.39 is 0 Å². The van der Waals surface area contributed by atoms with Gasteiger partial charge in [0.1, 0.15) is 0 Å². The molecule has 3 heterocycles. The van der Waals surface area contributed by atoms with E-state index in [1.165, 1.54) is 48.8 Å². The fourth-order valence-electron chi connectivity index (χ4n) is 4.64. The molecule has 0 unspecified atom stereocenters. The Kier molecular flexibility index (Phi) is 4.61. The molecule has 5 nitrogen and oxygen atoms in total. The molecule has 0 atom stereocenters. The van der Waals surface area contributed by atoms with Crippen molar-refractivity contribution in [2.75, 3.05) is 57.5 Å². The maximum atomic E-state index is 5.51. The van der Waals surface area contributed by atoms with Gasteiger partial charge in [0.25, 0.3) is 0 Å². The Morgan fingerprint density at radius 2 is 1.69 bits per heavy atom. The number of piperazine rings is 1. The van der Waals surface area contributed by atoms with Gasteiger partial charge >= 0.3 is 0 Å². The molecule has 5 heteroatoms. The van der Waals surface area contributed by atoms with E-state index in [0.29, 0.717) is 0 Å². The quantitative estimate of drug-likeness (QED) is 0.841. The van der Waals surface area contributed by atoms with E-state index in [9.17, 15) is 0 Å². The molecule has 0 N–H and O–H groups in total. The summed E-state index contributed by atoms with van der Waals surface area (Å²) in [5.74, 6) is 0. The summed E-state index contributed by atoms with van der Waals surface area (Å²) in [6.07, 6.45) is 6.64. The van der Waals surface area contributed by atoms with Crippen molar-refractivity contribution < 1.29 is 4.74 Å². The van der Waals surface area contributed by atoms with Gasteiger partial charge in [-0.3, -0.25) is 14.5 Å². The molecule has 1 aromatic carbocycles. The molecule has 140 valence electrons. The van der Waals surface area contributed by atoms with Crippen molar-refractivity contribution in [3.05, 3.63) is 36.0 Å². The Labute approximate surface area is 156 Å². The van der Waals surface area contributed by atoms with Crippen LogP contribution < -0.4 is 5.01 Å². The Balaban J connectivity index is 1.36. The number of aromatic nitrogens is 1. The standard InChI is InChI=1S/C21H30N4O/c1-2-7-21-20(6-1)18(16-22-12-14-26-15-13-22)17-25(21)24-10-8-23(9-11-24)19-4-3-5-19/h1-2,6-7,17,19H,3-5,8-16H2. The van der Waals surface area contributed by atoms with Gasteiger partial charge in [0, 0.05) is 63.4 Å². The highest BCUT2D eigenvalue weighted by atomic mass is 16.5. The molecule has 1 saturated carbocycles. The highest BCUT2D eigenvalue weighted by Gasteiger charge is 2.28. The molecule has 0 spiro atoms. The molecular formula is C21H30N4O. The number of hydrogen-bond acceptors (Lipinski definition) is 4. The van der Waals surface area contributed by atoms with Gasteiger partial charge in [-0.15, -0.1) is 0 Å². The normalized spacial score (nSPS) is 23.5. The van der Waals surface area contributed by atoms with Crippen LogP contribution in [-0.2, 0) is 11.3 Å². The number of ether oxygens (including phenoxy) is 1. The number of benzene rings is 1. The summed E-state index contributed by atoms with van der Waals surface area (Å²) in [7, 11) is 0. The molecule has 5 rings (SSSR count). The molecule has 2 aromatic rings. The van der Waals surface area contributed by atoms with Gasteiger partial charge < -0.3 is 9.75 Å². The first-order chi connectivity index (χ1) is 12.9. The zero-order valence-corrected chi connectivity index (χ0v) is 15.6. The summed E-state index contributed by atoms with van der Waals surface area (Å²) in [4.78, 5) is 5.23. The van der Waals surface area contributed by atoms with E-state index in [2.05, 4.69) is 49.9 Å². The van der Waals surface area contributed by atoms with Gasteiger partial charge in [0.15, 0.2) is 0 Å². The van der Waals surface area contributed by atoms with Crippen molar-refractivity contribution in [2.24, 2.45) is 0 Å². The fourth-order valence-corrected chi connectivity index (χ4v) is 4.64. The number of para-hydroxylation sites is 1. The largest absolute Gasteiger partial charge is 0.379 e. The molecule has 0 amide bonds. The molecule has 1 aliphatic carbocycles. The van der Waals surface area contributed by atoms with E-state index >= 15 is 0 Å². The second-order valence-corrected chi connectivity index (χ2v) is 7.98. The van der Waals surface area contributed by atoms with Crippen LogP contribution >= 0.6 is 0 Å². The van der Waals surface area contributed by atoms with Crippen LogP contribution in [0.25, 0.3) is 10.9 Å². The smallest absolute Gasteiger partial charge is 0.0698 e. The summed E-state index contributed by atoms with van der Waals surface area (Å²) < 4.78 is 7.94. The van der Waals surface area contributed by atoms with Gasteiger partial charge in [-0.2, -0.15) is 0 Å². The number of fused-ring (bicyclic) bond motifs is 1. The second-order valence-electron chi connectivity index (χ2n) is 7.98. The SMILES string of the molecule is c1ccc2c(c1)c(CN1CCOCC1)cn2N1CCN(C2CCC2)CC1. The summed E-state index contributed by atoms with van der Waals surface area (Å²) >= 11 is 0. The van der Waals surface area contributed by atoms with Crippen LogP contribution in [0.4, 0.5) is 0 Å². The lowest BCUT2D eigenvalue weighted by Crippen LogP contribution is -2.55. The van der Waals surface area contributed by atoms with E-state index in [4.69, 9.17) is 4.74 Å². The summed E-state index contributed by atoms with van der Waals surface area (Å²) in [6.45, 7) is 9.51. The Morgan fingerprint density at radius 3 is 2.42 bits per heavy atom. The number of rotatable bonds is 4. The van der Waals surface area contributed by atoms with E-state index in [1.54, 1.807) is 0 Å². The average molecular weight is 354 g/mol. The number of hydrogen-bond donors (Lipinski definition) is 0. The highest BCUT2D eigenvalue weighted by molar-refractivity contribution is 5.84. The molecule has 1 aromatic heterocycles. The van der Waals surface area contributed by atoms with Crippen LogP contribution in [0.3, 0.4) is 0 Å². The molecule has 3 aliphatic rings. The lowest BCUT2D eigenvalue weighted by Gasteiger charge is -2.43. The van der Waals surface area contributed by atoms with Crippen LogP contribution in [-0.4, -0.2) is 73.0 Å². The first kappa shape index (κ1) is 16.6. The maximum Gasteiger partial charge on any atom is 0.0698 e. The van der Waals surface area contributed by atoms with E-state index in [-0.39, 0.29) is 0 Å². The highest BCUT2D eigenvalue weighted by Crippen LogP contribution is 2.27. The minimum atomic E-state index is 0.863. The van der Waals surface area contributed by atoms with Crippen LogP contribution in [0.1, 0.15) is 24.8 Å². The van der Waals surface area contributed by atoms with E-state index in [0.717, 1.165) is 52.0 Å². The Hall–Kier alpha value is -1.56. The van der Waals surface area contributed by atoms with Gasteiger partial charge in [-0.25, -0.2) is 0 Å². The monoisotopic (exact) mass is 354 g/mol. The zero-order chi connectivity index (χ0) is 17.3. The average Bonchev–Trinajstić information content (AvgIpc) is 3.01. The van der Waals surface area contributed by atoms with Crippen LogP contribution in [0.5, 0.6) is 0 Å². The van der Waals surface area contributed by atoms with Crippen molar-refractivity contribution in [3.8, 4) is 0 Å². The summed E-state index contributed by atoms with van der Waals surface area (Å²) in [5.41, 5.74) is 2.80. The topological polar surface area (TPSA) is 23.9 Å². The third-order valence-corrected chi connectivity index (χ3v) is 6.46. The van der Waals surface area contributed by atoms with Crippen molar-refractivity contribution in [2.45, 2.75) is 31.8 Å². The summed E-state index contributed by atoms with van der Waals surface area (Å²) in [6, 6.07) is 9.77. The lowest BCUT2D eigenvalue weighted by molar-refractivity contribution is 0.0343. The number of nitrogens with zero attached hydrogens (tertiary/aromatic N) is 4. The first-order valence-electron chi connectivity index (χ1n) is 10.3. The summed E-state index contributed by atoms with van der Waals surface area (Å²) in [5, 5.41) is 3.95. The van der Waals surface area contributed by atoms with Gasteiger partial charge in [-0.05, 0) is 24.5 Å². The number of morpholine rings is 1. The Bertz CT molecular complexity index is 740. The van der Waals surface area contributed by atoms with Gasteiger partial charge in [0.05, 0.1) is 18.7 Å². The third kappa shape index (κ3) is 3.13. The Morgan fingerprint density at radius 1 is 0.923 bits per heavy atom. The molecule has 2 saturated heterocycles. The van der Waals surface area contributed by atoms with Crippen molar-refractivity contribution >= 4 is 10.9 Å². The molecule has 26 heavy (non-hydrogen) atoms. The molecule has 3 fully saturated rings. The molecule has 0 radical (unpaired) electrons. The van der Waals surface area contributed by atoms with Gasteiger partial charge in [0.2, 0.25) is 0 Å². The molecule has 2 aliphatic heterocycles. The lowest BCUT2D eigenvalue weighted by atomic mass is 9.91. The van der Waals surface area contributed by atoms with E-state index in [1.807, 2.05) is 0 Å². The predicted octanol–water partition coefficient (Wildman–Crippen LogP) is 2.28. The van der Waals surface area contributed by atoms with Gasteiger partial charge in [-0.1, -0.05) is 24.6 Å². The molecular weight excluding hydrogens is 324 g/mol. The van der Waals surface area contributed by atoms with Crippen molar-refractivity contribution in [3.63, 3.8) is 0 Å². The second kappa shape index (κ2) is 7.22. The third-order valence-electron chi connectivity index (χ3n) is 6.46. The minimum Gasteiger partial charge on any atom is -0.379 e. The van der Waals surface area contributed by atoms with Crippen LogP contribution in [0.2, 0.25) is 0 Å². The minimum absolute atomic E-state index is 0.863. The van der Waals surface area contributed by atoms with Crippen LogP contribution in [0, 0.1) is 0 Å². The zero-order valence-electron chi connectivity index (χ0n) is 15.6. The predicted molar refractivity (Wildman–Crippen MR) is 105 cm³/mol. The molecule has 0 bridgehead atoms. The maximum absolute atomic E-state index is 5.51.